The summed E-state index contributed by atoms with van der Waals surface area (Å²) in [5, 5.41) is 33.8. The number of aliphatic hydroxyl groups excluding tert-OH is 1. The Hall–Kier alpha value is -3.11. The summed E-state index contributed by atoms with van der Waals surface area (Å²) in [7, 11) is 0. The third-order valence-corrected chi connectivity index (χ3v) is 4.55. The number of hydrogen-bond acceptors (Lipinski definition) is 9. The molecule has 0 aliphatic heterocycles. The number of carbonyl (C=O) groups excluding carboxylic acids is 3. The molecule has 0 heterocycles. The molecule has 0 aliphatic carbocycles. The van der Waals surface area contributed by atoms with Crippen molar-refractivity contribution in [2.24, 2.45) is 22.2 Å². The minimum absolute atomic E-state index is 0.00810. The molecule has 0 aromatic heterocycles. The van der Waals surface area contributed by atoms with Crippen LogP contribution in [0.1, 0.15) is 25.7 Å². The van der Waals surface area contributed by atoms with Gasteiger partial charge in [-0.3, -0.25) is 24.2 Å². The van der Waals surface area contributed by atoms with Gasteiger partial charge in [-0.25, -0.2) is 4.79 Å². The maximum atomic E-state index is 12.8. The van der Waals surface area contributed by atoms with E-state index in [2.05, 4.69) is 33.6 Å². The first-order valence-electron chi connectivity index (χ1n) is 9.81. The number of nitrogens with one attached hydrogen (secondary N) is 3. The Morgan fingerprint density at radius 2 is 1.39 bits per heavy atom. The zero-order chi connectivity index (χ0) is 25.6. The van der Waals surface area contributed by atoms with Gasteiger partial charge < -0.3 is 48.5 Å². The van der Waals surface area contributed by atoms with Gasteiger partial charge in [-0.2, -0.15) is 12.6 Å². The van der Waals surface area contributed by atoms with Crippen molar-refractivity contribution in [3.05, 3.63) is 0 Å². The summed E-state index contributed by atoms with van der Waals surface area (Å²) < 4.78 is 0. The summed E-state index contributed by atoms with van der Waals surface area (Å²) >= 11 is 3.83. The molecule has 16 heteroatoms. The molecule has 0 spiro atoms. The molecule has 0 radical (unpaired) electrons. The quantitative estimate of drug-likeness (QED) is 0.0425. The van der Waals surface area contributed by atoms with E-state index in [1.54, 1.807) is 0 Å². The van der Waals surface area contributed by atoms with Crippen LogP contribution < -0.4 is 33.2 Å². The molecule has 0 saturated carbocycles. The van der Waals surface area contributed by atoms with Gasteiger partial charge in [0.05, 0.1) is 6.61 Å². The predicted octanol–water partition coefficient (Wildman–Crippen LogP) is -4.31. The normalized spacial score (nSPS) is 14.2. The van der Waals surface area contributed by atoms with Crippen LogP contribution >= 0.6 is 12.6 Å². The Kier molecular flexibility index (Phi) is 14.2. The number of carboxylic acids is 2. The number of aliphatic imine (C=N–C) groups is 1. The standard InChI is InChI=1S/C17H31N7O8S/c18-8(6-25)13(28)22-9(2-1-5-21-17(19)20)14(29)23-10(3-4-12(26)27)15(30)24-11(7-33)16(31)32/h8-11,25,33H,1-7,18H2,(H,22,28)(H,23,29)(H,24,30)(H,26,27)(H,31,32)(H4,19,20,21). The topological polar surface area (TPSA) is 273 Å². The smallest absolute Gasteiger partial charge is 0.327 e. The average molecular weight is 494 g/mol. The number of aliphatic carboxylic acids is 2. The Labute approximate surface area is 194 Å². The molecular formula is C17H31N7O8S. The van der Waals surface area contributed by atoms with Gasteiger partial charge >= 0.3 is 11.9 Å². The van der Waals surface area contributed by atoms with E-state index in [1.165, 1.54) is 0 Å². The summed E-state index contributed by atoms with van der Waals surface area (Å²) in [4.78, 5) is 63.2. The molecule has 0 fully saturated rings. The van der Waals surface area contributed by atoms with E-state index in [0.717, 1.165) is 0 Å². The second kappa shape index (κ2) is 15.7. The lowest BCUT2D eigenvalue weighted by atomic mass is 10.1. The van der Waals surface area contributed by atoms with Crippen molar-refractivity contribution < 1.29 is 39.3 Å². The van der Waals surface area contributed by atoms with Crippen molar-refractivity contribution in [1.82, 2.24) is 16.0 Å². The molecule has 0 saturated heterocycles. The van der Waals surface area contributed by atoms with Crippen LogP contribution in [0.15, 0.2) is 4.99 Å². The molecule has 0 aromatic carbocycles. The molecule has 0 aromatic rings. The first-order chi connectivity index (χ1) is 15.4. The number of nitrogens with two attached hydrogens (primary N) is 3. The van der Waals surface area contributed by atoms with E-state index in [-0.39, 0.29) is 37.5 Å². The lowest BCUT2D eigenvalue weighted by molar-refractivity contribution is -0.142. The number of nitrogens with zero attached hydrogens (tertiary/aromatic N) is 1. The Morgan fingerprint density at radius 3 is 1.85 bits per heavy atom. The summed E-state index contributed by atoms with van der Waals surface area (Å²) in [6, 6.07) is -5.33. The van der Waals surface area contributed by atoms with E-state index in [4.69, 9.17) is 32.5 Å². The van der Waals surface area contributed by atoms with Crippen molar-refractivity contribution in [1.29, 1.82) is 0 Å². The van der Waals surface area contributed by atoms with Crippen LogP contribution in [-0.4, -0.2) is 94.0 Å². The number of carbonyl (C=O) groups is 5. The monoisotopic (exact) mass is 493 g/mol. The second-order valence-corrected chi connectivity index (χ2v) is 7.24. The summed E-state index contributed by atoms with van der Waals surface area (Å²) in [5.41, 5.74) is 15.9. The van der Waals surface area contributed by atoms with Gasteiger partial charge in [0.15, 0.2) is 5.96 Å². The van der Waals surface area contributed by atoms with Crippen LogP contribution in [0.2, 0.25) is 0 Å². The lowest BCUT2D eigenvalue weighted by Crippen LogP contribution is -2.57. The largest absolute Gasteiger partial charge is 0.481 e. The van der Waals surface area contributed by atoms with E-state index >= 15 is 0 Å². The molecular weight excluding hydrogens is 462 g/mol. The highest BCUT2D eigenvalue weighted by Crippen LogP contribution is 2.05. The van der Waals surface area contributed by atoms with Gasteiger partial charge in [-0.1, -0.05) is 0 Å². The predicted molar refractivity (Wildman–Crippen MR) is 119 cm³/mol. The van der Waals surface area contributed by atoms with Gasteiger partial charge in [0.1, 0.15) is 24.2 Å². The fraction of sp³-hybridized carbons (Fsp3) is 0.647. The number of hydrogen-bond donors (Lipinski definition) is 10. The molecule has 3 amide bonds. The van der Waals surface area contributed by atoms with Crippen LogP contribution in [0.25, 0.3) is 0 Å². The number of rotatable bonds is 16. The average Bonchev–Trinajstić information content (AvgIpc) is 2.75. The molecule has 4 unspecified atom stereocenters. The Balaban J connectivity index is 5.50. The summed E-state index contributed by atoms with van der Waals surface area (Å²) in [6.07, 6.45) is -0.615. The van der Waals surface area contributed by atoms with Gasteiger partial charge in [0.2, 0.25) is 17.7 Å². The molecule has 33 heavy (non-hydrogen) atoms. The Bertz CT molecular complexity index is 732. The lowest BCUT2D eigenvalue weighted by Gasteiger charge is -2.24. The number of guanidine groups is 1. The third-order valence-electron chi connectivity index (χ3n) is 4.19. The molecule has 188 valence electrons. The van der Waals surface area contributed by atoms with E-state index in [1.807, 2.05) is 0 Å². The van der Waals surface area contributed by atoms with Crippen molar-refractivity contribution in [3.63, 3.8) is 0 Å². The van der Waals surface area contributed by atoms with Crippen LogP contribution in [0.4, 0.5) is 0 Å². The van der Waals surface area contributed by atoms with Crippen LogP contribution in [0.3, 0.4) is 0 Å². The highest BCUT2D eigenvalue weighted by atomic mass is 32.1. The van der Waals surface area contributed by atoms with Crippen molar-refractivity contribution in [2.45, 2.75) is 49.9 Å². The molecule has 0 aliphatic rings. The van der Waals surface area contributed by atoms with Crippen molar-refractivity contribution in [2.75, 3.05) is 18.9 Å². The number of aliphatic hydroxyl groups is 1. The fourth-order valence-corrected chi connectivity index (χ4v) is 2.65. The van der Waals surface area contributed by atoms with E-state index in [0.29, 0.717) is 0 Å². The first kappa shape index (κ1) is 29.9. The van der Waals surface area contributed by atoms with Crippen LogP contribution in [0, 0.1) is 0 Å². The molecule has 0 bridgehead atoms. The minimum Gasteiger partial charge on any atom is -0.481 e. The highest BCUT2D eigenvalue weighted by molar-refractivity contribution is 7.80. The number of thiol groups is 1. The third kappa shape index (κ3) is 12.5. The molecule has 15 nitrogen and oxygen atoms in total. The molecule has 0 rings (SSSR count). The number of amides is 3. The van der Waals surface area contributed by atoms with Crippen LogP contribution in [-0.2, 0) is 24.0 Å². The second-order valence-electron chi connectivity index (χ2n) is 6.87. The maximum absolute atomic E-state index is 12.8. The van der Waals surface area contributed by atoms with Crippen molar-refractivity contribution in [3.8, 4) is 0 Å². The zero-order valence-corrected chi connectivity index (χ0v) is 18.7. The van der Waals surface area contributed by atoms with Crippen molar-refractivity contribution >= 4 is 48.2 Å². The zero-order valence-electron chi connectivity index (χ0n) is 17.8. The Morgan fingerprint density at radius 1 is 0.879 bits per heavy atom. The van der Waals surface area contributed by atoms with Gasteiger partial charge in [-0.15, -0.1) is 0 Å². The van der Waals surface area contributed by atoms with E-state index < -0.39 is 66.9 Å². The molecule has 12 N–H and O–H groups in total. The maximum Gasteiger partial charge on any atom is 0.327 e. The van der Waals surface area contributed by atoms with Gasteiger partial charge in [-0.05, 0) is 19.3 Å². The number of carboxylic acid groups (broad SMARTS) is 2. The summed E-state index contributed by atoms with van der Waals surface area (Å²) in [5.74, 6) is -5.68. The first-order valence-corrected chi connectivity index (χ1v) is 10.4. The van der Waals surface area contributed by atoms with Crippen LogP contribution in [0.5, 0.6) is 0 Å². The van der Waals surface area contributed by atoms with Gasteiger partial charge in [0.25, 0.3) is 0 Å². The molecule has 4 atom stereocenters. The van der Waals surface area contributed by atoms with Gasteiger partial charge in [0, 0.05) is 18.7 Å². The SMILES string of the molecule is NC(N)=NCCCC(NC(=O)C(N)CO)C(=O)NC(CCC(=O)O)C(=O)NC(CS)C(=O)O. The highest BCUT2D eigenvalue weighted by Gasteiger charge is 2.30. The summed E-state index contributed by atoms with van der Waals surface area (Å²) in [6.45, 7) is -0.558. The van der Waals surface area contributed by atoms with E-state index in [9.17, 15) is 24.0 Å². The fourth-order valence-electron chi connectivity index (χ4n) is 2.40. The minimum atomic E-state index is -1.42.